The van der Waals surface area contributed by atoms with Gasteiger partial charge < -0.3 is 14.7 Å². The summed E-state index contributed by atoms with van der Waals surface area (Å²) in [7, 11) is 0. The molecule has 0 spiro atoms. The molecule has 0 bridgehead atoms. The Balaban J connectivity index is 2.53. The molecule has 0 saturated carbocycles. The summed E-state index contributed by atoms with van der Waals surface area (Å²) in [6.07, 6.45) is -0.0988. The molecule has 0 aromatic rings. The van der Waals surface area contributed by atoms with Gasteiger partial charge in [-0.25, -0.2) is 4.79 Å². The van der Waals surface area contributed by atoms with E-state index in [1.165, 1.54) is 0 Å². The van der Waals surface area contributed by atoms with E-state index in [2.05, 4.69) is 0 Å². The topological polar surface area (TPSA) is 49.8 Å². The van der Waals surface area contributed by atoms with Gasteiger partial charge in [-0.1, -0.05) is 0 Å². The van der Waals surface area contributed by atoms with E-state index >= 15 is 0 Å². The lowest BCUT2D eigenvalue weighted by Gasteiger charge is -2.26. The summed E-state index contributed by atoms with van der Waals surface area (Å²) in [5.74, 6) is 0. The number of carbonyl (C=O) groups is 1. The van der Waals surface area contributed by atoms with Crippen LogP contribution in [0.3, 0.4) is 0 Å². The van der Waals surface area contributed by atoms with Crippen LogP contribution >= 0.6 is 0 Å². The quantitative estimate of drug-likeness (QED) is 0.644. The van der Waals surface area contributed by atoms with Crippen molar-refractivity contribution in [2.45, 2.75) is 51.9 Å². The van der Waals surface area contributed by atoms with Crippen molar-refractivity contribution < 1.29 is 14.6 Å². The molecule has 0 radical (unpaired) electrons. The fourth-order valence-electron chi connectivity index (χ4n) is 1.58. The van der Waals surface area contributed by atoms with Gasteiger partial charge in [0.1, 0.15) is 5.60 Å². The predicted octanol–water partition coefficient (Wildman–Crippen LogP) is 1.38. The fraction of sp³-hybridized carbons (Fsp3) is 0.900. The molecule has 1 aliphatic rings. The molecule has 1 N–H and O–H groups in total. The second kappa shape index (κ2) is 3.77. The number of likely N-dealkylation sites (tertiary alicyclic amines) is 1. The number of aliphatic hydroxyl groups is 1. The van der Waals surface area contributed by atoms with Crippen LogP contribution in [0.2, 0.25) is 0 Å². The van der Waals surface area contributed by atoms with Crippen LogP contribution in [0.15, 0.2) is 0 Å². The second-order valence-electron chi connectivity index (χ2n) is 4.87. The first kappa shape index (κ1) is 11.3. The van der Waals surface area contributed by atoms with E-state index in [9.17, 15) is 9.90 Å². The van der Waals surface area contributed by atoms with Crippen molar-refractivity contribution in [2.75, 3.05) is 6.54 Å². The monoisotopic (exact) mass is 201 g/mol. The first-order chi connectivity index (χ1) is 6.29. The zero-order chi connectivity index (χ0) is 10.9. The molecule has 4 nitrogen and oxygen atoms in total. The number of carbonyl (C=O) groups excluding carboxylic acids is 1. The molecule has 82 valence electrons. The third-order valence-electron chi connectivity index (χ3n) is 2.18. The molecular formula is C10H19NO3. The Morgan fingerprint density at radius 1 is 1.50 bits per heavy atom. The summed E-state index contributed by atoms with van der Waals surface area (Å²) >= 11 is 0. The van der Waals surface area contributed by atoms with Crippen LogP contribution in [0.5, 0.6) is 0 Å². The standard InChI is InChI=1S/C10H19NO3/c1-7-5-8(12)6-11(7)9(13)14-10(2,3)4/h7-8,12H,5-6H2,1-4H3/t7-,8?/m0/s1. The van der Waals surface area contributed by atoms with Gasteiger partial charge in [-0.2, -0.15) is 0 Å². The van der Waals surface area contributed by atoms with Gasteiger partial charge in [0.2, 0.25) is 0 Å². The second-order valence-corrected chi connectivity index (χ2v) is 4.87. The number of β-amino-alcohol motifs (C(OH)–C–C–N with tert-alkyl or cyclic N) is 1. The molecule has 1 rings (SSSR count). The van der Waals surface area contributed by atoms with Crippen molar-refractivity contribution in [2.24, 2.45) is 0 Å². The molecule has 0 aromatic heterocycles. The summed E-state index contributed by atoms with van der Waals surface area (Å²) in [5.41, 5.74) is -0.468. The van der Waals surface area contributed by atoms with Crippen LogP contribution in [0, 0.1) is 0 Å². The Kier molecular flexibility index (Phi) is 3.04. The maximum absolute atomic E-state index is 11.6. The van der Waals surface area contributed by atoms with Gasteiger partial charge in [0.25, 0.3) is 0 Å². The van der Waals surface area contributed by atoms with E-state index in [0.29, 0.717) is 13.0 Å². The summed E-state index contributed by atoms with van der Waals surface area (Å²) in [5, 5.41) is 9.37. The molecular weight excluding hydrogens is 182 g/mol. The number of nitrogens with zero attached hydrogens (tertiary/aromatic N) is 1. The molecule has 1 amide bonds. The Bertz CT molecular complexity index is 222. The number of ether oxygens (including phenoxy) is 1. The van der Waals surface area contributed by atoms with Crippen LogP contribution in [-0.2, 0) is 4.74 Å². The zero-order valence-corrected chi connectivity index (χ0v) is 9.28. The zero-order valence-electron chi connectivity index (χ0n) is 9.28. The SMILES string of the molecule is C[C@H]1CC(O)CN1C(=O)OC(C)(C)C. The van der Waals surface area contributed by atoms with Crippen LogP contribution in [-0.4, -0.2) is 40.4 Å². The number of hydrogen-bond acceptors (Lipinski definition) is 3. The summed E-state index contributed by atoms with van der Waals surface area (Å²) in [6, 6.07) is 0.0693. The Morgan fingerprint density at radius 3 is 2.43 bits per heavy atom. The highest BCUT2D eigenvalue weighted by Gasteiger charge is 2.33. The largest absolute Gasteiger partial charge is 0.444 e. The predicted molar refractivity (Wildman–Crippen MR) is 53.0 cm³/mol. The molecule has 1 aliphatic heterocycles. The molecule has 1 saturated heterocycles. The maximum atomic E-state index is 11.6. The van der Waals surface area contributed by atoms with Gasteiger partial charge in [0, 0.05) is 6.04 Å². The van der Waals surface area contributed by atoms with E-state index in [1.54, 1.807) is 4.90 Å². The number of aliphatic hydroxyl groups excluding tert-OH is 1. The molecule has 1 unspecified atom stereocenters. The minimum Gasteiger partial charge on any atom is -0.444 e. The van der Waals surface area contributed by atoms with E-state index in [4.69, 9.17) is 4.74 Å². The summed E-state index contributed by atoms with van der Waals surface area (Å²) in [6.45, 7) is 7.81. The molecule has 4 heteroatoms. The Morgan fingerprint density at radius 2 is 2.07 bits per heavy atom. The van der Waals surface area contributed by atoms with Crippen molar-refractivity contribution in [1.29, 1.82) is 0 Å². The van der Waals surface area contributed by atoms with Crippen molar-refractivity contribution >= 4 is 6.09 Å². The van der Waals surface area contributed by atoms with E-state index in [1.807, 2.05) is 27.7 Å². The van der Waals surface area contributed by atoms with Gasteiger partial charge in [-0.05, 0) is 34.1 Å². The average molecular weight is 201 g/mol. The number of amides is 1. The number of rotatable bonds is 0. The highest BCUT2D eigenvalue weighted by molar-refractivity contribution is 5.69. The smallest absolute Gasteiger partial charge is 0.410 e. The minimum absolute atomic E-state index is 0.0693. The number of hydrogen-bond donors (Lipinski definition) is 1. The Hall–Kier alpha value is -0.770. The lowest BCUT2D eigenvalue weighted by molar-refractivity contribution is 0.0220. The van der Waals surface area contributed by atoms with E-state index in [0.717, 1.165) is 0 Å². The van der Waals surface area contributed by atoms with Crippen LogP contribution in [0.4, 0.5) is 4.79 Å². The van der Waals surface area contributed by atoms with Crippen LogP contribution in [0.25, 0.3) is 0 Å². The molecule has 0 aromatic carbocycles. The summed E-state index contributed by atoms with van der Waals surface area (Å²) in [4.78, 5) is 13.2. The average Bonchev–Trinajstić information content (AvgIpc) is 2.26. The molecule has 2 atom stereocenters. The normalized spacial score (nSPS) is 27.9. The lowest BCUT2D eigenvalue weighted by Crippen LogP contribution is -2.39. The lowest BCUT2D eigenvalue weighted by atomic mass is 10.2. The molecule has 1 heterocycles. The highest BCUT2D eigenvalue weighted by Crippen LogP contribution is 2.20. The van der Waals surface area contributed by atoms with Crippen molar-refractivity contribution in [3.05, 3.63) is 0 Å². The van der Waals surface area contributed by atoms with E-state index < -0.39 is 11.7 Å². The Labute approximate surface area is 84.8 Å². The third kappa shape index (κ3) is 2.87. The van der Waals surface area contributed by atoms with Gasteiger partial charge in [0.05, 0.1) is 12.6 Å². The van der Waals surface area contributed by atoms with E-state index in [-0.39, 0.29) is 12.1 Å². The van der Waals surface area contributed by atoms with Gasteiger partial charge in [-0.3, -0.25) is 0 Å². The molecule has 14 heavy (non-hydrogen) atoms. The highest BCUT2D eigenvalue weighted by atomic mass is 16.6. The first-order valence-corrected chi connectivity index (χ1v) is 4.97. The maximum Gasteiger partial charge on any atom is 0.410 e. The molecule has 0 aliphatic carbocycles. The van der Waals surface area contributed by atoms with Gasteiger partial charge in [0.15, 0.2) is 0 Å². The third-order valence-corrected chi connectivity index (χ3v) is 2.18. The van der Waals surface area contributed by atoms with Crippen molar-refractivity contribution in [1.82, 2.24) is 4.90 Å². The van der Waals surface area contributed by atoms with Gasteiger partial charge >= 0.3 is 6.09 Å². The van der Waals surface area contributed by atoms with Crippen molar-refractivity contribution in [3.63, 3.8) is 0 Å². The molecule has 1 fully saturated rings. The first-order valence-electron chi connectivity index (χ1n) is 4.97. The van der Waals surface area contributed by atoms with Gasteiger partial charge in [-0.15, -0.1) is 0 Å². The fourth-order valence-corrected chi connectivity index (χ4v) is 1.58. The summed E-state index contributed by atoms with van der Waals surface area (Å²) < 4.78 is 5.22. The van der Waals surface area contributed by atoms with Crippen molar-refractivity contribution in [3.8, 4) is 0 Å². The van der Waals surface area contributed by atoms with Crippen LogP contribution in [0.1, 0.15) is 34.1 Å². The minimum atomic E-state index is -0.468. The van der Waals surface area contributed by atoms with Crippen LogP contribution < -0.4 is 0 Å².